The molecule has 6 heteroatoms. The number of aromatic nitrogens is 1. The van der Waals surface area contributed by atoms with E-state index in [1.807, 2.05) is 13.0 Å². The molecule has 6 nitrogen and oxygen atoms in total. The number of pyridine rings is 1. The van der Waals surface area contributed by atoms with Gasteiger partial charge in [0.2, 0.25) is 0 Å². The van der Waals surface area contributed by atoms with Crippen LogP contribution in [0.3, 0.4) is 0 Å². The smallest absolute Gasteiger partial charge is 0.308 e. The highest BCUT2D eigenvalue weighted by molar-refractivity contribution is 5.95. The summed E-state index contributed by atoms with van der Waals surface area (Å²) in [6.07, 6.45) is 7.80. The van der Waals surface area contributed by atoms with E-state index in [4.69, 9.17) is 9.47 Å². The maximum atomic E-state index is 12.6. The van der Waals surface area contributed by atoms with Crippen molar-refractivity contribution in [1.29, 1.82) is 0 Å². The number of hydrogen-bond donors (Lipinski definition) is 1. The Balaban J connectivity index is 1.58. The molecule has 2 aliphatic rings. The van der Waals surface area contributed by atoms with E-state index in [1.165, 1.54) is 25.7 Å². The van der Waals surface area contributed by atoms with Gasteiger partial charge in [0, 0.05) is 12.7 Å². The molecule has 2 fully saturated rings. The number of carbonyl (C=O) groups is 2. The number of ether oxygens (including phenoxy) is 2. The summed E-state index contributed by atoms with van der Waals surface area (Å²) in [5, 5.41) is 2.88. The molecule has 0 bridgehead atoms. The molecule has 1 amide bonds. The van der Waals surface area contributed by atoms with Crippen LogP contribution in [-0.4, -0.2) is 36.6 Å². The van der Waals surface area contributed by atoms with Crippen molar-refractivity contribution in [3.05, 3.63) is 23.5 Å². The highest BCUT2D eigenvalue weighted by Crippen LogP contribution is 2.41. The first-order valence-corrected chi connectivity index (χ1v) is 10.2. The zero-order valence-corrected chi connectivity index (χ0v) is 16.3. The molecular weight excluding hydrogens is 344 g/mol. The van der Waals surface area contributed by atoms with E-state index in [0.29, 0.717) is 55.9 Å². The van der Waals surface area contributed by atoms with Gasteiger partial charge in [-0.05, 0) is 68.9 Å². The van der Waals surface area contributed by atoms with Crippen molar-refractivity contribution in [1.82, 2.24) is 10.3 Å². The lowest BCUT2D eigenvalue weighted by molar-refractivity contribution is -0.148. The Morgan fingerprint density at radius 3 is 2.67 bits per heavy atom. The van der Waals surface area contributed by atoms with Crippen LogP contribution in [0.15, 0.2) is 12.3 Å². The monoisotopic (exact) mass is 374 g/mol. The minimum Gasteiger partial charge on any atom is -0.491 e. The fraction of sp³-hybridized carbons (Fsp3) is 0.667. The van der Waals surface area contributed by atoms with Gasteiger partial charge in [-0.15, -0.1) is 0 Å². The van der Waals surface area contributed by atoms with Gasteiger partial charge in [0.25, 0.3) is 5.91 Å². The van der Waals surface area contributed by atoms with E-state index >= 15 is 0 Å². The van der Waals surface area contributed by atoms with Crippen molar-refractivity contribution < 1.29 is 19.1 Å². The molecule has 1 N–H and O–H groups in total. The van der Waals surface area contributed by atoms with E-state index in [9.17, 15) is 9.59 Å². The second-order valence-corrected chi connectivity index (χ2v) is 7.55. The molecule has 27 heavy (non-hydrogen) atoms. The minimum absolute atomic E-state index is 0.193. The van der Waals surface area contributed by atoms with Crippen molar-refractivity contribution >= 4 is 11.9 Å². The zero-order chi connectivity index (χ0) is 19.2. The molecule has 2 saturated carbocycles. The van der Waals surface area contributed by atoms with Crippen LogP contribution in [0.5, 0.6) is 5.75 Å². The maximum absolute atomic E-state index is 12.6. The average Bonchev–Trinajstić information content (AvgIpc) is 3.57. The Bertz CT molecular complexity index is 668. The summed E-state index contributed by atoms with van der Waals surface area (Å²) in [4.78, 5) is 28.9. The molecule has 2 aliphatic carbocycles. The second kappa shape index (κ2) is 9.20. The van der Waals surface area contributed by atoms with Crippen molar-refractivity contribution in [2.75, 3.05) is 19.8 Å². The Labute approximate surface area is 161 Å². The molecule has 0 aromatic carbocycles. The van der Waals surface area contributed by atoms with Crippen LogP contribution in [0.4, 0.5) is 0 Å². The number of nitrogens with zero attached hydrogens (tertiary/aromatic N) is 1. The van der Waals surface area contributed by atoms with Gasteiger partial charge in [0.05, 0.1) is 19.1 Å². The number of nitrogens with one attached hydrogen (secondary N) is 1. The largest absolute Gasteiger partial charge is 0.491 e. The molecule has 3 rings (SSSR count). The van der Waals surface area contributed by atoms with E-state index in [2.05, 4.69) is 10.3 Å². The first-order chi connectivity index (χ1) is 13.1. The van der Waals surface area contributed by atoms with Crippen molar-refractivity contribution in [2.24, 2.45) is 11.8 Å². The van der Waals surface area contributed by atoms with Gasteiger partial charge in [-0.25, -0.2) is 4.98 Å². The Morgan fingerprint density at radius 1 is 1.26 bits per heavy atom. The van der Waals surface area contributed by atoms with Crippen LogP contribution in [0.25, 0.3) is 0 Å². The highest BCUT2D eigenvalue weighted by atomic mass is 16.5. The van der Waals surface area contributed by atoms with Gasteiger partial charge < -0.3 is 14.8 Å². The molecule has 148 valence electrons. The van der Waals surface area contributed by atoms with E-state index in [-0.39, 0.29) is 17.8 Å². The Morgan fingerprint density at radius 2 is 2.04 bits per heavy atom. The highest BCUT2D eigenvalue weighted by Gasteiger charge is 2.28. The fourth-order valence-electron chi connectivity index (χ4n) is 3.06. The number of amides is 1. The second-order valence-electron chi connectivity index (χ2n) is 7.55. The lowest BCUT2D eigenvalue weighted by Crippen LogP contribution is -2.29. The Hall–Kier alpha value is -2.11. The lowest BCUT2D eigenvalue weighted by atomic mass is 10.0. The summed E-state index contributed by atoms with van der Waals surface area (Å²) >= 11 is 0. The third-order valence-corrected chi connectivity index (χ3v) is 5.20. The number of rotatable bonds is 11. The fourth-order valence-corrected chi connectivity index (χ4v) is 3.06. The molecule has 0 aliphatic heterocycles. The average molecular weight is 374 g/mol. The van der Waals surface area contributed by atoms with E-state index < -0.39 is 0 Å². The molecule has 0 spiro atoms. The van der Waals surface area contributed by atoms with Crippen molar-refractivity contribution in [3.63, 3.8) is 0 Å². The van der Waals surface area contributed by atoms with Gasteiger partial charge >= 0.3 is 5.97 Å². The first-order valence-electron chi connectivity index (χ1n) is 10.2. The van der Waals surface area contributed by atoms with Crippen molar-refractivity contribution in [2.45, 2.75) is 58.3 Å². The zero-order valence-electron chi connectivity index (χ0n) is 16.3. The summed E-state index contributed by atoms with van der Waals surface area (Å²) in [6, 6.07) is 1.98. The van der Waals surface area contributed by atoms with Crippen LogP contribution in [0, 0.1) is 11.8 Å². The van der Waals surface area contributed by atoms with Crippen LogP contribution < -0.4 is 10.1 Å². The Kier molecular flexibility index (Phi) is 6.69. The van der Waals surface area contributed by atoms with Gasteiger partial charge in [0.15, 0.2) is 11.4 Å². The SMILES string of the molecule is CCOC(=O)C(CC)CCNC(=O)c1ncc(C2CC2)cc1OCC1CC1. The molecule has 1 aromatic rings. The predicted octanol–water partition coefficient (Wildman–Crippen LogP) is 3.46. The van der Waals surface area contributed by atoms with E-state index in [1.54, 1.807) is 13.1 Å². The summed E-state index contributed by atoms with van der Waals surface area (Å²) in [5.74, 6) is 1.12. The summed E-state index contributed by atoms with van der Waals surface area (Å²) in [5.41, 5.74) is 1.50. The van der Waals surface area contributed by atoms with Crippen LogP contribution in [0.1, 0.15) is 74.3 Å². The molecular formula is C21H30N2O4. The molecule has 1 atom stereocenters. The standard InChI is InChI=1S/C21H30N2O4/c1-3-15(21(25)26-4-2)9-10-22-20(24)19-18(27-13-14-5-6-14)11-17(12-23-19)16-7-8-16/h11-12,14-16H,3-10,13H2,1-2H3,(H,22,24). The number of esters is 1. The van der Waals surface area contributed by atoms with Crippen LogP contribution in [-0.2, 0) is 9.53 Å². The quantitative estimate of drug-likeness (QED) is 0.600. The summed E-state index contributed by atoms with van der Waals surface area (Å²) < 4.78 is 11.0. The maximum Gasteiger partial charge on any atom is 0.308 e. The number of carbonyl (C=O) groups excluding carboxylic acids is 2. The van der Waals surface area contributed by atoms with Gasteiger partial charge in [0.1, 0.15) is 0 Å². The van der Waals surface area contributed by atoms with Gasteiger partial charge in [-0.1, -0.05) is 6.92 Å². The van der Waals surface area contributed by atoms with E-state index in [0.717, 1.165) is 5.56 Å². The normalized spacial score (nSPS) is 17.3. The van der Waals surface area contributed by atoms with Gasteiger partial charge in [-0.3, -0.25) is 9.59 Å². The van der Waals surface area contributed by atoms with Crippen LogP contribution >= 0.6 is 0 Å². The number of hydrogen-bond acceptors (Lipinski definition) is 5. The molecule has 1 heterocycles. The lowest BCUT2D eigenvalue weighted by Gasteiger charge is -2.15. The van der Waals surface area contributed by atoms with Crippen molar-refractivity contribution in [3.8, 4) is 5.75 Å². The topological polar surface area (TPSA) is 77.5 Å². The molecule has 0 radical (unpaired) electrons. The molecule has 1 unspecified atom stereocenters. The molecule has 1 aromatic heterocycles. The first kappa shape index (κ1) is 19.6. The predicted molar refractivity (Wildman–Crippen MR) is 102 cm³/mol. The summed E-state index contributed by atoms with van der Waals surface area (Å²) in [7, 11) is 0. The summed E-state index contributed by atoms with van der Waals surface area (Å²) in [6.45, 7) is 5.18. The van der Waals surface area contributed by atoms with Crippen LogP contribution in [0.2, 0.25) is 0 Å². The third-order valence-electron chi connectivity index (χ3n) is 5.20. The minimum atomic E-state index is -0.248. The van der Waals surface area contributed by atoms with Gasteiger partial charge in [-0.2, -0.15) is 0 Å². The third kappa shape index (κ3) is 5.68. The molecule has 0 saturated heterocycles.